The molecule has 1 aromatic carbocycles. The van der Waals surface area contributed by atoms with Crippen LogP contribution in [0, 0.1) is 5.41 Å². The van der Waals surface area contributed by atoms with Crippen molar-refractivity contribution >= 4 is 11.9 Å². The van der Waals surface area contributed by atoms with Crippen LogP contribution in [0.3, 0.4) is 0 Å². The molecule has 0 aromatic heterocycles. The predicted molar refractivity (Wildman–Crippen MR) is 96.3 cm³/mol. The smallest absolute Gasteiger partial charge is 0.311 e. The van der Waals surface area contributed by atoms with Crippen molar-refractivity contribution in [3.05, 3.63) is 61.2 Å². The molecule has 0 aliphatic carbocycles. The number of hydrogen-bond acceptors (Lipinski definition) is 3. The largest absolute Gasteiger partial charge is 0.463 e. The number of benzene rings is 1. The summed E-state index contributed by atoms with van der Waals surface area (Å²) in [6, 6.07) is 9.12. The van der Waals surface area contributed by atoms with Crippen LogP contribution in [-0.2, 0) is 14.3 Å². The van der Waals surface area contributed by atoms with Crippen LogP contribution in [0.5, 0.6) is 0 Å². The standard InChI is InChI=1S/C20H27NO3/c1-5-7-13-18(22)21-17(16-11-9-8-10-12-16)15-24-19(23)20(3,4)14-6-2/h5-6,8-12,17H,1-2,7,13-15H2,3-4H3,(H,21,22). The van der Waals surface area contributed by atoms with E-state index in [2.05, 4.69) is 18.5 Å². The lowest BCUT2D eigenvalue weighted by atomic mass is 9.90. The third kappa shape index (κ3) is 6.41. The van der Waals surface area contributed by atoms with Crippen molar-refractivity contribution in [1.29, 1.82) is 0 Å². The topological polar surface area (TPSA) is 55.4 Å². The van der Waals surface area contributed by atoms with Gasteiger partial charge in [-0.3, -0.25) is 9.59 Å². The van der Waals surface area contributed by atoms with E-state index in [4.69, 9.17) is 4.74 Å². The maximum Gasteiger partial charge on any atom is 0.311 e. The summed E-state index contributed by atoms with van der Waals surface area (Å²) in [6.45, 7) is 11.0. The Bertz CT molecular complexity index is 564. The summed E-state index contributed by atoms with van der Waals surface area (Å²) in [7, 11) is 0. The zero-order chi connectivity index (χ0) is 18.0. The summed E-state index contributed by atoms with van der Waals surface area (Å²) in [5.74, 6) is -0.395. The molecule has 0 saturated carbocycles. The molecule has 1 aromatic rings. The quantitative estimate of drug-likeness (QED) is 0.522. The number of allylic oxidation sites excluding steroid dienone is 2. The van der Waals surface area contributed by atoms with Crippen LogP contribution in [0.4, 0.5) is 0 Å². The lowest BCUT2D eigenvalue weighted by Gasteiger charge is -2.24. The molecule has 24 heavy (non-hydrogen) atoms. The number of carbonyl (C=O) groups excluding carboxylic acids is 2. The first-order chi connectivity index (χ1) is 11.4. The highest BCUT2D eigenvalue weighted by molar-refractivity contribution is 5.77. The monoisotopic (exact) mass is 329 g/mol. The maximum atomic E-state index is 12.3. The minimum atomic E-state index is -0.629. The number of nitrogens with one attached hydrogen (secondary N) is 1. The molecule has 0 radical (unpaired) electrons. The minimum Gasteiger partial charge on any atom is -0.463 e. The van der Waals surface area contributed by atoms with Gasteiger partial charge in [-0.15, -0.1) is 13.2 Å². The lowest BCUT2D eigenvalue weighted by molar-refractivity contribution is -0.155. The van der Waals surface area contributed by atoms with E-state index in [9.17, 15) is 9.59 Å². The number of amides is 1. The number of hydrogen-bond donors (Lipinski definition) is 1. The van der Waals surface area contributed by atoms with E-state index in [1.54, 1.807) is 12.2 Å². The maximum absolute atomic E-state index is 12.3. The van der Waals surface area contributed by atoms with E-state index in [0.29, 0.717) is 19.3 Å². The second-order valence-corrected chi connectivity index (χ2v) is 6.33. The van der Waals surface area contributed by atoms with Crippen LogP contribution in [0.25, 0.3) is 0 Å². The molecule has 0 fully saturated rings. The first-order valence-electron chi connectivity index (χ1n) is 8.14. The molecular formula is C20H27NO3. The highest BCUT2D eigenvalue weighted by Gasteiger charge is 2.29. The van der Waals surface area contributed by atoms with Gasteiger partial charge in [0.05, 0.1) is 11.5 Å². The Morgan fingerprint density at radius 2 is 1.88 bits per heavy atom. The van der Waals surface area contributed by atoms with Gasteiger partial charge in [0.1, 0.15) is 6.61 Å². The van der Waals surface area contributed by atoms with Gasteiger partial charge in [0.2, 0.25) is 5.91 Å². The highest BCUT2D eigenvalue weighted by Crippen LogP contribution is 2.24. The number of rotatable bonds is 10. The van der Waals surface area contributed by atoms with Crippen molar-refractivity contribution < 1.29 is 14.3 Å². The molecule has 0 spiro atoms. The van der Waals surface area contributed by atoms with Crippen molar-refractivity contribution in [2.24, 2.45) is 5.41 Å². The Balaban J connectivity index is 2.75. The first kappa shape index (κ1) is 19.7. The summed E-state index contributed by atoms with van der Waals surface area (Å²) in [6.07, 6.45) is 4.91. The van der Waals surface area contributed by atoms with Gasteiger partial charge in [-0.05, 0) is 32.3 Å². The van der Waals surface area contributed by atoms with Crippen LogP contribution < -0.4 is 5.32 Å². The molecule has 1 rings (SSSR count). The van der Waals surface area contributed by atoms with E-state index in [0.717, 1.165) is 5.56 Å². The molecule has 0 aliphatic rings. The lowest BCUT2D eigenvalue weighted by Crippen LogP contribution is -2.34. The van der Waals surface area contributed by atoms with Crippen LogP contribution in [0.1, 0.15) is 44.7 Å². The zero-order valence-corrected chi connectivity index (χ0v) is 14.6. The summed E-state index contributed by atoms with van der Waals surface area (Å²) in [5, 5.41) is 2.92. The fourth-order valence-electron chi connectivity index (χ4n) is 2.20. The van der Waals surface area contributed by atoms with E-state index in [-0.39, 0.29) is 24.5 Å². The molecule has 4 heteroatoms. The normalized spacial score (nSPS) is 12.1. The van der Waals surface area contributed by atoms with Crippen LogP contribution in [-0.4, -0.2) is 18.5 Å². The van der Waals surface area contributed by atoms with Gasteiger partial charge < -0.3 is 10.1 Å². The minimum absolute atomic E-state index is 0.0925. The van der Waals surface area contributed by atoms with E-state index < -0.39 is 5.41 Å². The first-order valence-corrected chi connectivity index (χ1v) is 8.14. The number of carbonyl (C=O) groups is 2. The third-order valence-corrected chi connectivity index (χ3v) is 3.70. The average Bonchev–Trinajstić information content (AvgIpc) is 2.57. The van der Waals surface area contributed by atoms with E-state index in [1.807, 2.05) is 44.2 Å². The second-order valence-electron chi connectivity index (χ2n) is 6.33. The van der Waals surface area contributed by atoms with Crippen molar-refractivity contribution in [3.63, 3.8) is 0 Å². The van der Waals surface area contributed by atoms with Crippen molar-refractivity contribution in [2.75, 3.05) is 6.61 Å². The highest BCUT2D eigenvalue weighted by atomic mass is 16.5. The second kappa shape index (κ2) is 9.71. The Kier molecular flexibility index (Phi) is 7.96. The van der Waals surface area contributed by atoms with Gasteiger partial charge in [0, 0.05) is 6.42 Å². The number of ether oxygens (including phenoxy) is 1. The number of esters is 1. The zero-order valence-electron chi connectivity index (χ0n) is 14.6. The van der Waals surface area contributed by atoms with Crippen molar-refractivity contribution in [1.82, 2.24) is 5.32 Å². The van der Waals surface area contributed by atoms with Gasteiger partial charge >= 0.3 is 5.97 Å². The molecule has 1 atom stereocenters. The molecule has 1 N–H and O–H groups in total. The molecule has 130 valence electrons. The van der Waals surface area contributed by atoms with Gasteiger partial charge in [0.15, 0.2) is 0 Å². The summed E-state index contributed by atoms with van der Waals surface area (Å²) < 4.78 is 5.46. The fraction of sp³-hybridized carbons (Fsp3) is 0.400. The van der Waals surface area contributed by atoms with Crippen molar-refractivity contribution in [3.8, 4) is 0 Å². The van der Waals surface area contributed by atoms with Crippen LogP contribution >= 0.6 is 0 Å². The molecule has 0 saturated heterocycles. The molecule has 0 bridgehead atoms. The third-order valence-electron chi connectivity index (χ3n) is 3.70. The van der Waals surface area contributed by atoms with E-state index >= 15 is 0 Å². The van der Waals surface area contributed by atoms with Crippen molar-refractivity contribution in [2.45, 2.75) is 39.2 Å². The Morgan fingerprint density at radius 1 is 1.21 bits per heavy atom. The van der Waals surface area contributed by atoms with Crippen LogP contribution in [0.2, 0.25) is 0 Å². The van der Waals surface area contributed by atoms with Crippen LogP contribution in [0.15, 0.2) is 55.6 Å². The van der Waals surface area contributed by atoms with Gasteiger partial charge in [0.25, 0.3) is 0 Å². The van der Waals surface area contributed by atoms with E-state index in [1.165, 1.54) is 0 Å². The summed E-state index contributed by atoms with van der Waals surface area (Å²) >= 11 is 0. The molecule has 1 amide bonds. The average molecular weight is 329 g/mol. The molecule has 0 aliphatic heterocycles. The molecule has 0 heterocycles. The Hall–Kier alpha value is -2.36. The van der Waals surface area contributed by atoms with Gasteiger partial charge in [-0.1, -0.05) is 42.5 Å². The Morgan fingerprint density at radius 3 is 2.46 bits per heavy atom. The summed E-state index contributed by atoms with van der Waals surface area (Å²) in [5.41, 5.74) is 0.273. The molecule has 1 unspecified atom stereocenters. The fourth-order valence-corrected chi connectivity index (χ4v) is 2.20. The predicted octanol–water partition coefficient (Wildman–Crippen LogP) is 3.96. The Labute approximate surface area is 144 Å². The van der Waals surface area contributed by atoms with Gasteiger partial charge in [-0.2, -0.15) is 0 Å². The molecule has 4 nitrogen and oxygen atoms in total. The molecular weight excluding hydrogens is 302 g/mol. The summed E-state index contributed by atoms with van der Waals surface area (Å²) in [4.78, 5) is 24.3. The van der Waals surface area contributed by atoms with Gasteiger partial charge in [-0.25, -0.2) is 0 Å². The SMILES string of the molecule is C=CCCC(=O)NC(COC(=O)C(C)(C)CC=C)c1ccccc1.